The Morgan fingerprint density at radius 3 is 3.06 bits per heavy atom. The van der Waals surface area contributed by atoms with Crippen molar-refractivity contribution in [1.29, 1.82) is 0 Å². The number of nitrogens with two attached hydrogens (primary N) is 1. The molecule has 1 aliphatic rings. The molecular weight excluding hydrogens is 250 g/mol. The molecule has 5 heteroatoms. The molecule has 0 amide bonds. The van der Waals surface area contributed by atoms with E-state index < -0.39 is 0 Å². The first-order chi connectivity index (χ1) is 8.66. The van der Waals surface area contributed by atoms with Crippen molar-refractivity contribution >= 4 is 11.6 Å². The van der Waals surface area contributed by atoms with Gasteiger partial charge in [0.25, 0.3) is 0 Å². The molecule has 0 fully saturated rings. The second kappa shape index (κ2) is 4.30. The number of hydrogen-bond acceptors (Lipinski definition) is 3. The summed E-state index contributed by atoms with van der Waals surface area (Å²) in [7, 11) is 0. The van der Waals surface area contributed by atoms with Gasteiger partial charge in [0, 0.05) is 5.56 Å². The summed E-state index contributed by atoms with van der Waals surface area (Å²) in [5.41, 5.74) is 7.97. The van der Waals surface area contributed by atoms with Gasteiger partial charge in [-0.25, -0.2) is 4.98 Å². The Morgan fingerprint density at radius 2 is 2.28 bits per heavy atom. The van der Waals surface area contributed by atoms with Crippen molar-refractivity contribution in [2.24, 2.45) is 5.73 Å². The number of aromatic nitrogens is 2. The van der Waals surface area contributed by atoms with Crippen molar-refractivity contribution in [3.63, 3.8) is 0 Å². The SMILES string of the molecule is NC1CCCc2c(Cl)nc(-c3cccc(O)c3)n21. The van der Waals surface area contributed by atoms with E-state index in [0.29, 0.717) is 5.15 Å². The van der Waals surface area contributed by atoms with E-state index in [0.717, 1.165) is 36.3 Å². The quantitative estimate of drug-likeness (QED) is 0.831. The van der Waals surface area contributed by atoms with E-state index in [1.54, 1.807) is 18.2 Å². The predicted molar refractivity (Wildman–Crippen MR) is 70.5 cm³/mol. The van der Waals surface area contributed by atoms with Crippen LogP contribution in [-0.4, -0.2) is 14.7 Å². The minimum atomic E-state index is -0.0916. The van der Waals surface area contributed by atoms with Gasteiger partial charge < -0.3 is 15.4 Å². The molecule has 94 valence electrons. The van der Waals surface area contributed by atoms with Gasteiger partial charge in [-0.05, 0) is 31.4 Å². The van der Waals surface area contributed by atoms with Gasteiger partial charge in [0.1, 0.15) is 11.6 Å². The van der Waals surface area contributed by atoms with Crippen LogP contribution in [-0.2, 0) is 6.42 Å². The van der Waals surface area contributed by atoms with Gasteiger partial charge in [0.05, 0.1) is 11.9 Å². The van der Waals surface area contributed by atoms with E-state index in [1.807, 2.05) is 10.6 Å². The highest BCUT2D eigenvalue weighted by Crippen LogP contribution is 2.34. The molecule has 1 aliphatic heterocycles. The van der Waals surface area contributed by atoms with Crippen LogP contribution in [0.25, 0.3) is 11.4 Å². The van der Waals surface area contributed by atoms with Gasteiger partial charge in [-0.15, -0.1) is 0 Å². The van der Waals surface area contributed by atoms with Crippen molar-refractivity contribution in [3.8, 4) is 17.1 Å². The van der Waals surface area contributed by atoms with Crippen LogP contribution in [0.1, 0.15) is 24.7 Å². The maximum absolute atomic E-state index is 9.55. The molecule has 18 heavy (non-hydrogen) atoms. The highest BCUT2D eigenvalue weighted by molar-refractivity contribution is 6.30. The van der Waals surface area contributed by atoms with Gasteiger partial charge in [0.2, 0.25) is 0 Å². The van der Waals surface area contributed by atoms with Crippen LogP contribution in [0.5, 0.6) is 5.75 Å². The fraction of sp³-hybridized carbons (Fsp3) is 0.308. The average molecular weight is 264 g/mol. The molecule has 0 spiro atoms. The number of rotatable bonds is 1. The summed E-state index contributed by atoms with van der Waals surface area (Å²) in [5, 5.41) is 10.1. The van der Waals surface area contributed by atoms with Gasteiger partial charge in [-0.3, -0.25) is 0 Å². The molecule has 1 unspecified atom stereocenters. The average Bonchev–Trinajstić information content (AvgIpc) is 2.69. The first-order valence-corrected chi connectivity index (χ1v) is 6.36. The monoisotopic (exact) mass is 263 g/mol. The topological polar surface area (TPSA) is 64.1 Å². The van der Waals surface area contributed by atoms with Crippen LogP contribution < -0.4 is 5.73 Å². The minimum absolute atomic E-state index is 0.0916. The predicted octanol–water partition coefficient (Wildman–Crippen LogP) is 2.70. The number of hydrogen-bond donors (Lipinski definition) is 2. The van der Waals surface area contributed by atoms with Crippen LogP contribution in [0.15, 0.2) is 24.3 Å². The number of nitrogens with zero attached hydrogens (tertiary/aromatic N) is 2. The second-order valence-electron chi connectivity index (χ2n) is 4.55. The maximum Gasteiger partial charge on any atom is 0.151 e. The molecule has 1 atom stereocenters. The normalized spacial score (nSPS) is 18.7. The molecule has 0 bridgehead atoms. The highest BCUT2D eigenvalue weighted by Gasteiger charge is 2.24. The maximum atomic E-state index is 9.55. The van der Waals surface area contributed by atoms with E-state index in [-0.39, 0.29) is 11.9 Å². The zero-order chi connectivity index (χ0) is 12.7. The summed E-state index contributed by atoms with van der Waals surface area (Å²) < 4.78 is 1.99. The molecule has 0 saturated carbocycles. The fourth-order valence-corrected chi connectivity index (χ4v) is 2.74. The largest absolute Gasteiger partial charge is 0.508 e. The van der Waals surface area contributed by atoms with Gasteiger partial charge >= 0.3 is 0 Å². The number of fused-ring (bicyclic) bond motifs is 1. The molecular formula is C13H14ClN3O. The summed E-state index contributed by atoms with van der Waals surface area (Å²) in [5.74, 6) is 0.948. The molecule has 3 rings (SSSR count). The lowest BCUT2D eigenvalue weighted by Gasteiger charge is -2.24. The van der Waals surface area contributed by atoms with Gasteiger partial charge in [-0.2, -0.15) is 0 Å². The summed E-state index contributed by atoms with van der Waals surface area (Å²) in [6.07, 6.45) is 2.77. The van der Waals surface area contributed by atoms with Crippen molar-refractivity contribution in [3.05, 3.63) is 35.1 Å². The lowest BCUT2D eigenvalue weighted by Crippen LogP contribution is -2.25. The van der Waals surface area contributed by atoms with Crippen LogP contribution >= 0.6 is 11.6 Å². The number of benzene rings is 1. The molecule has 4 nitrogen and oxygen atoms in total. The lowest BCUT2D eigenvalue weighted by molar-refractivity contribution is 0.418. The summed E-state index contributed by atoms with van der Waals surface area (Å²) in [4.78, 5) is 4.39. The summed E-state index contributed by atoms with van der Waals surface area (Å²) in [6.45, 7) is 0. The standard InChI is InChI=1S/C13H14ClN3O/c14-12-10-5-2-6-11(15)17(10)13(16-12)8-3-1-4-9(18)7-8/h1,3-4,7,11,18H,2,5-6,15H2. The van der Waals surface area contributed by atoms with Crippen LogP contribution in [0.4, 0.5) is 0 Å². The van der Waals surface area contributed by atoms with Crippen molar-refractivity contribution in [2.45, 2.75) is 25.4 Å². The van der Waals surface area contributed by atoms with Gasteiger partial charge in [0.15, 0.2) is 5.15 Å². The summed E-state index contributed by atoms with van der Waals surface area (Å²) >= 11 is 6.17. The lowest BCUT2D eigenvalue weighted by atomic mass is 10.1. The number of halogens is 1. The zero-order valence-corrected chi connectivity index (χ0v) is 10.6. The third-order valence-corrected chi connectivity index (χ3v) is 3.61. The Morgan fingerprint density at radius 1 is 1.44 bits per heavy atom. The van der Waals surface area contributed by atoms with Crippen molar-refractivity contribution < 1.29 is 5.11 Å². The minimum Gasteiger partial charge on any atom is -0.508 e. The Bertz CT molecular complexity index is 594. The number of aromatic hydroxyl groups is 1. The molecule has 2 heterocycles. The molecule has 3 N–H and O–H groups in total. The van der Waals surface area contributed by atoms with E-state index >= 15 is 0 Å². The first-order valence-electron chi connectivity index (χ1n) is 5.98. The number of phenolic OH excluding ortho intramolecular Hbond substituents is 1. The van der Waals surface area contributed by atoms with E-state index in [4.69, 9.17) is 17.3 Å². The van der Waals surface area contributed by atoms with E-state index in [9.17, 15) is 5.11 Å². The Labute approximate surface area is 110 Å². The van der Waals surface area contributed by atoms with E-state index in [2.05, 4.69) is 4.98 Å². The summed E-state index contributed by atoms with van der Waals surface area (Å²) in [6, 6.07) is 6.99. The molecule has 0 aliphatic carbocycles. The first kappa shape index (κ1) is 11.6. The van der Waals surface area contributed by atoms with Crippen LogP contribution in [0.2, 0.25) is 5.15 Å². The fourth-order valence-electron chi connectivity index (χ4n) is 2.48. The third kappa shape index (κ3) is 1.78. The Hall–Kier alpha value is -1.52. The van der Waals surface area contributed by atoms with E-state index in [1.165, 1.54) is 0 Å². The number of phenols is 1. The second-order valence-corrected chi connectivity index (χ2v) is 4.91. The van der Waals surface area contributed by atoms with Gasteiger partial charge in [-0.1, -0.05) is 23.7 Å². The highest BCUT2D eigenvalue weighted by atomic mass is 35.5. The zero-order valence-electron chi connectivity index (χ0n) is 9.81. The van der Waals surface area contributed by atoms with Crippen molar-refractivity contribution in [1.82, 2.24) is 9.55 Å². The Kier molecular flexibility index (Phi) is 2.76. The van der Waals surface area contributed by atoms with Crippen molar-refractivity contribution in [2.75, 3.05) is 0 Å². The molecule has 1 aromatic carbocycles. The molecule has 1 aromatic heterocycles. The third-order valence-electron chi connectivity index (χ3n) is 3.31. The molecule has 0 saturated heterocycles. The molecule has 0 radical (unpaired) electrons. The molecule has 2 aromatic rings. The van der Waals surface area contributed by atoms with Crippen LogP contribution in [0, 0.1) is 0 Å². The van der Waals surface area contributed by atoms with Crippen LogP contribution in [0.3, 0.4) is 0 Å². The Balaban J connectivity index is 2.18. The smallest absolute Gasteiger partial charge is 0.151 e. The number of imidazole rings is 1.